The quantitative estimate of drug-likeness (QED) is 0.157. The topological polar surface area (TPSA) is 9.86 Å². The van der Waals surface area contributed by atoms with Gasteiger partial charge in [0, 0.05) is 32.9 Å². The maximum absolute atomic E-state index is 2.50. The molecule has 384 valence electrons. The molecule has 0 fully saturated rings. The zero-order valence-corrected chi connectivity index (χ0v) is 45.3. The molecule has 0 radical (unpaired) electrons. The lowest BCUT2D eigenvalue weighted by Crippen LogP contribution is -2.26. The van der Waals surface area contributed by atoms with Crippen molar-refractivity contribution < 1.29 is 0 Å². The summed E-state index contributed by atoms with van der Waals surface area (Å²) in [6.45, 7) is 0. The molecule has 0 bridgehead atoms. The Hall–Kier alpha value is -10.8. The Morgan fingerprint density at radius 3 is 0.964 bits per heavy atom. The van der Waals surface area contributed by atoms with E-state index in [2.05, 4.69) is 312 Å². The maximum Gasteiger partial charge on any atom is 0.0725 e. The molecule has 0 saturated carbocycles. The van der Waals surface area contributed by atoms with Crippen LogP contribution in [0.25, 0.3) is 143 Å². The van der Waals surface area contributed by atoms with Gasteiger partial charge < -0.3 is 9.13 Å². The van der Waals surface area contributed by atoms with E-state index in [4.69, 9.17) is 0 Å². The number of aromatic nitrogens is 2. The first-order valence-corrected chi connectivity index (χ1v) is 28.9. The largest absolute Gasteiger partial charge is 0.309 e. The monoisotopic (exact) mass is 1050 g/mol. The van der Waals surface area contributed by atoms with E-state index in [1.807, 2.05) is 0 Å². The summed E-state index contributed by atoms with van der Waals surface area (Å²) in [4.78, 5) is 0. The summed E-state index contributed by atoms with van der Waals surface area (Å²) in [6, 6.07) is 114. The van der Waals surface area contributed by atoms with Crippen LogP contribution in [0.2, 0.25) is 0 Å². The van der Waals surface area contributed by atoms with Crippen molar-refractivity contribution in [3.63, 3.8) is 0 Å². The molecule has 18 rings (SSSR count). The predicted octanol–water partition coefficient (Wildman–Crippen LogP) is 21.2. The number of hydrogen-bond donors (Lipinski definition) is 0. The summed E-state index contributed by atoms with van der Waals surface area (Å²) < 4.78 is 4.83. The molecule has 1 spiro atoms. The van der Waals surface area contributed by atoms with Crippen molar-refractivity contribution in [1.29, 1.82) is 0 Å². The van der Waals surface area contributed by atoms with Crippen LogP contribution in [0.4, 0.5) is 0 Å². The van der Waals surface area contributed by atoms with Gasteiger partial charge in [0.2, 0.25) is 0 Å². The molecule has 0 N–H and O–H groups in total. The molecule has 2 aromatic heterocycles. The molecule has 14 aromatic carbocycles. The third-order valence-electron chi connectivity index (χ3n) is 18.5. The summed E-state index contributed by atoms with van der Waals surface area (Å²) in [7, 11) is 0. The molecular formula is C81H50N2. The van der Waals surface area contributed by atoms with Crippen molar-refractivity contribution in [3.8, 4) is 78.1 Å². The van der Waals surface area contributed by atoms with Gasteiger partial charge in [0.1, 0.15) is 0 Å². The van der Waals surface area contributed by atoms with Crippen LogP contribution in [0.1, 0.15) is 22.3 Å². The van der Waals surface area contributed by atoms with Crippen LogP contribution in [0.3, 0.4) is 0 Å². The van der Waals surface area contributed by atoms with Crippen molar-refractivity contribution in [2.75, 3.05) is 0 Å². The van der Waals surface area contributed by atoms with Crippen LogP contribution >= 0.6 is 0 Å². The summed E-state index contributed by atoms with van der Waals surface area (Å²) in [5.74, 6) is 0. The first-order chi connectivity index (χ1) is 41.1. The number of fused-ring (bicyclic) bond motifs is 18. The molecular weight excluding hydrogens is 1000 g/mol. The highest BCUT2D eigenvalue weighted by Crippen LogP contribution is 2.63. The van der Waals surface area contributed by atoms with Crippen LogP contribution in [-0.4, -0.2) is 9.13 Å². The predicted molar refractivity (Wildman–Crippen MR) is 348 cm³/mol. The second-order valence-electron chi connectivity index (χ2n) is 22.7. The Labute approximate surface area is 480 Å². The molecule has 0 aliphatic heterocycles. The molecule has 2 aliphatic carbocycles. The Morgan fingerprint density at radius 1 is 0.193 bits per heavy atom. The number of rotatable bonds is 6. The Bertz CT molecular complexity index is 5040. The maximum atomic E-state index is 2.50. The van der Waals surface area contributed by atoms with Gasteiger partial charge in [-0.05, 0) is 183 Å². The minimum absolute atomic E-state index is 0.493. The van der Waals surface area contributed by atoms with Gasteiger partial charge >= 0.3 is 0 Å². The van der Waals surface area contributed by atoms with E-state index in [1.54, 1.807) is 0 Å². The summed E-state index contributed by atoms with van der Waals surface area (Å²) >= 11 is 0. The fraction of sp³-hybridized carbons (Fsp3) is 0.0123. The Balaban J connectivity index is 0.706. The van der Waals surface area contributed by atoms with Crippen molar-refractivity contribution in [3.05, 3.63) is 326 Å². The first kappa shape index (κ1) is 46.0. The Morgan fingerprint density at radius 2 is 0.518 bits per heavy atom. The molecule has 2 heterocycles. The van der Waals surface area contributed by atoms with E-state index in [-0.39, 0.29) is 0 Å². The van der Waals surface area contributed by atoms with E-state index < -0.39 is 5.41 Å². The number of nitrogens with zero attached hydrogens (tertiary/aromatic N) is 2. The fourth-order valence-electron chi connectivity index (χ4n) is 14.7. The number of para-hydroxylation sites is 2. The molecule has 0 saturated heterocycles. The number of benzene rings is 14. The molecule has 16 aromatic rings. The van der Waals surface area contributed by atoms with Gasteiger partial charge in [0.05, 0.1) is 27.5 Å². The summed E-state index contributed by atoms with van der Waals surface area (Å²) in [5.41, 5.74) is 26.9. The molecule has 2 heteroatoms. The van der Waals surface area contributed by atoms with Gasteiger partial charge in [-0.2, -0.15) is 0 Å². The highest BCUT2D eigenvalue weighted by atomic mass is 15.0. The Kier molecular flexibility index (Phi) is 9.75. The average molecular weight is 1050 g/mol. The smallest absolute Gasteiger partial charge is 0.0725 e. The third kappa shape index (κ3) is 6.72. The van der Waals surface area contributed by atoms with Gasteiger partial charge in [-0.15, -0.1) is 0 Å². The highest BCUT2D eigenvalue weighted by molar-refractivity contribution is 6.12. The SMILES string of the molecule is c1ccc2c(c1)-c1ccccc1C21c2cc(-c3ccc(-c4ccc5c(c4)c4ccccc4n5-c4ccc5ccccc5c4)cc3)ccc2-c2ccc(-c3ccc(-c4ccc5c(c4)c4ccccc4n5-c4ccc5ccccc5c4)cc3)cc21. The molecule has 2 nitrogen and oxygen atoms in total. The first-order valence-electron chi connectivity index (χ1n) is 28.9. The zero-order valence-electron chi connectivity index (χ0n) is 45.3. The van der Waals surface area contributed by atoms with Crippen LogP contribution in [-0.2, 0) is 5.41 Å². The fourth-order valence-corrected chi connectivity index (χ4v) is 14.7. The van der Waals surface area contributed by atoms with Crippen molar-refractivity contribution in [2.45, 2.75) is 5.41 Å². The van der Waals surface area contributed by atoms with Crippen LogP contribution < -0.4 is 0 Å². The normalized spacial score (nSPS) is 12.9. The summed E-state index contributed by atoms with van der Waals surface area (Å²) in [6.07, 6.45) is 0. The highest BCUT2D eigenvalue weighted by Gasteiger charge is 2.51. The van der Waals surface area contributed by atoms with Crippen molar-refractivity contribution >= 4 is 65.2 Å². The second kappa shape index (κ2) is 17.6. The third-order valence-corrected chi connectivity index (χ3v) is 18.5. The molecule has 2 aliphatic rings. The van der Waals surface area contributed by atoms with Crippen LogP contribution in [0, 0.1) is 0 Å². The van der Waals surface area contributed by atoms with E-state index >= 15 is 0 Å². The van der Waals surface area contributed by atoms with Gasteiger partial charge in [-0.1, -0.05) is 231 Å². The van der Waals surface area contributed by atoms with E-state index in [1.165, 1.54) is 166 Å². The minimum Gasteiger partial charge on any atom is -0.309 e. The van der Waals surface area contributed by atoms with Gasteiger partial charge in [0.15, 0.2) is 0 Å². The summed E-state index contributed by atoms with van der Waals surface area (Å²) in [5, 5.41) is 10.00. The average Bonchev–Trinajstić information content (AvgIpc) is 4.41. The molecule has 0 amide bonds. The van der Waals surface area contributed by atoms with E-state index in [9.17, 15) is 0 Å². The van der Waals surface area contributed by atoms with Crippen LogP contribution in [0.5, 0.6) is 0 Å². The minimum atomic E-state index is -0.493. The molecule has 83 heavy (non-hydrogen) atoms. The van der Waals surface area contributed by atoms with Gasteiger partial charge in [0.25, 0.3) is 0 Å². The van der Waals surface area contributed by atoms with E-state index in [0.717, 1.165) is 0 Å². The lowest BCUT2D eigenvalue weighted by Gasteiger charge is -2.31. The zero-order chi connectivity index (χ0) is 54.3. The lowest BCUT2D eigenvalue weighted by atomic mass is 9.70. The molecule has 0 unspecified atom stereocenters. The van der Waals surface area contributed by atoms with Gasteiger partial charge in [-0.3, -0.25) is 0 Å². The van der Waals surface area contributed by atoms with E-state index in [0.29, 0.717) is 0 Å². The standard InChI is InChI=1S/C81H50N2/c1-3-15-57-45-63(39-33-51(57)13-1)82-77-23-11-7-19-69(77)71-47-59(37-43-79(71)82)53-25-29-55(30-26-53)61-35-41-67-68-42-36-62(50-76(68)81(75(67)49-61)73-21-9-5-17-65(73)66-18-6-10-22-74(66)81)56-31-27-54(28-32-56)60-38-44-80-72(48-60)70-20-8-12-24-78(70)83(80)64-40-34-52-14-2-4-16-58(52)46-64/h1-50H. The van der Waals surface area contributed by atoms with Gasteiger partial charge in [-0.25, -0.2) is 0 Å². The lowest BCUT2D eigenvalue weighted by molar-refractivity contribution is 0.794. The van der Waals surface area contributed by atoms with Crippen LogP contribution in [0.15, 0.2) is 303 Å². The second-order valence-corrected chi connectivity index (χ2v) is 22.7. The van der Waals surface area contributed by atoms with Crippen molar-refractivity contribution in [1.82, 2.24) is 9.13 Å². The molecule has 0 atom stereocenters. The number of hydrogen-bond acceptors (Lipinski definition) is 0. The van der Waals surface area contributed by atoms with Crippen molar-refractivity contribution in [2.24, 2.45) is 0 Å².